The Labute approximate surface area is 169 Å². The number of halogens is 1. The summed E-state index contributed by atoms with van der Waals surface area (Å²) in [7, 11) is 1.99. The van der Waals surface area contributed by atoms with E-state index >= 15 is 0 Å². The van der Waals surface area contributed by atoms with Crippen LogP contribution in [0, 0.1) is 5.82 Å². The second-order valence-corrected chi connectivity index (χ2v) is 8.06. The van der Waals surface area contributed by atoms with Crippen molar-refractivity contribution in [3.63, 3.8) is 0 Å². The van der Waals surface area contributed by atoms with E-state index in [1.54, 1.807) is 12.1 Å². The van der Waals surface area contributed by atoms with Gasteiger partial charge in [-0.15, -0.1) is 0 Å². The number of carbonyl (C=O) groups excluding carboxylic acids is 1. The standard InChI is InChI=1S/C23H24FN3O2/c1-26-14-25-19-12-21(29-13-20(19)26)23(28)27-11-10-15-4-2-3-5-18(15)22(27)16-6-8-17(24)9-7-16/h2-9,14,19-22H,10-13H2,1H3/t19-,20+,21+,22-/m0/s1. The van der Waals surface area contributed by atoms with E-state index in [0.717, 1.165) is 17.5 Å². The topological polar surface area (TPSA) is 45.1 Å². The number of hydrogen-bond acceptors (Lipinski definition) is 4. The number of aliphatic imine (C=N–C) groups is 1. The quantitative estimate of drug-likeness (QED) is 0.788. The maximum atomic E-state index is 13.5. The van der Waals surface area contributed by atoms with Crippen molar-refractivity contribution in [2.45, 2.75) is 37.1 Å². The first-order chi connectivity index (χ1) is 14.1. The molecule has 1 fully saturated rings. The monoisotopic (exact) mass is 393 g/mol. The molecule has 0 N–H and O–H groups in total. The molecule has 0 bridgehead atoms. The highest BCUT2D eigenvalue weighted by atomic mass is 19.1. The Morgan fingerprint density at radius 3 is 2.79 bits per heavy atom. The van der Waals surface area contributed by atoms with Gasteiger partial charge in [-0.3, -0.25) is 9.79 Å². The molecular formula is C23H24FN3O2. The van der Waals surface area contributed by atoms with Crippen LogP contribution >= 0.6 is 0 Å². The zero-order valence-corrected chi connectivity index (χ0v) is 16.4. The van der Waals surface area contributed by atoms with Gasteiger partial charge in [0.05, 0.1) is 31.1 Å². The van der Waals surface area contributed by atoms with Crippen LogP contribution in [0.2, 0.25) is 0 Å². The van der Waals surface area contributed by atoms with Crippen LogP contribution in [0.3, 0.4) is 0 Å². The van der Waals surface area contributed by atoms with E-state index in [9.17, 15) is 9.18 Å². The first kappa shape index (κ1) is 18.3. The fraction of sp³-hybridized carbons (Fsp3) is 0.391. The number of fused-ring (bicyclic) bond motifs is 2. The molecule has 1 amide bonds. The smallest absolute Gasteiger partial charge is 0.252 e. The molecule has 0 spiro atoms. The molecule has 3 aliphatic heterocycles. The molecule has 0 aromatic heterocycles. The number of ether oxygens (including phenoxy) is 1. The summed E-state index contributed by atoms with van der Waals surface area (Å²) in [5, 5.41) is 0. The fourth-order valence-electron chi connectivity index (χ4n) is 4.76. The average Bonchev–Trinajstić information content (AvgIpc) is 3.13. The van der Waals surface area contributed by atoms with Crippen molar-refractivity contribution in [3.05, 3.63) is 71.0 Å². The van der Waals surface area contributed by atoms with E-state index in [4.69, 9.17) is 4.74 Å². The fourth-order valence-corrected chi connectivity index (χ4v) is 4.76. The van der Waals surface area contributed by atoms with Crippen LogP contribution in [0.25, 0.3) is 0 Å². The lowest BCUT2D eigenvalue weighted by Crippen LogP contribution is -2.52. The van der Waals surface area contributed by atoms with Crippen molar-refractivity contribution in [2.75, 3.05) is 20.2 Å². The normalized spacial score (nSPS) is 28.2. The van der Waals surface area contributed by atoms with E-state index in [-0.39, 0.29) is 29.8 Å². The minimum absolute atomic E-state index is 0.00275. The van der Waals surface area contributed by atoms with Gasteiger partial charge in [0.1, 0.15) is 11.9 Å². The first-order valence-corrected chi connectivity index (χ1v) is 10.1. The maximum absolute atomic E-state index is 13.5. The van der Waals surface area contributed by atoms with Gasteiger partial charge in [0.25, 0.3) is 5.91 Å². The third kappa shape index (κ3) is 3.21. The summed E-state index contributed by atoms with van der Waals surface area (Å²) in [5.41, 5.74) is 3.25. The van der Waals surface area contributed by atoms with Gasteiger partial charge in [-0.25, -0.2) is 4.39 Å². The lowest BCUT2D eigenvalue weighted by Gasteiger charge is -2.41. The molecule has 1 saturated heterocycles. The molecule has 0 saturated carbocycles. The van der Waals surface area contributed by atoms with Gasteiger partial charge in [-0.1, -0.05) is 36.4 Å². The highest BCUT2D eigenvalue weighted by Gasteiger charge is 2.42. The molecule has 0 aliphatic carbocycles. The minimum atomic E-state index is -0.492. The van der Waals surface area contributed by atoms with Gasteiger partial charge >= 0.3 is 0 Å². The Balaban J connectivity index is 1.46. The molecule has 2 aromatic carbocycles. The first-order valence-electron chi connectivity index (χ1n) is 10.1. The summed E-state index contributed by atoms with van der Waals surface area (Å²) in [6, 6.07) is 14.7. The van der Waals surface area contributed by atoms with Gasteiger partial charge in [-0.05, 0) is 35.2 Å². The van der Waals surface area contributed by atoms with Crippen LogP contribution in [-0.4, -0.2) is 60.4 Å². The average molecular weight is 393 g/mol. The number of rotatable bonds is 2. The molecule has 150 valence electrons. The molecule has 3 aliphatic rings. The third-order valence-electron chi connectivity index (χ3n) is 6.36. The second-order valence-electron chi connectivity index (χ2n) is 8.06. The molecule has 5 rings (SSSR count). The van der Waals surface area contributed by atoms with Crippen molar-refractivity contribution in [3.8, 4) is 0 Å². The Kier molecular flexibility index (Phi) is 4.59. The molecule has 0 unspecified atom stereocenters. The number of amides is 1. The second kappa shape index (κ2) is 7.26. The third-order valence-corrected chi connectivity index (χ3v) is 6.36. The van der Waals surface area contributed by atoms with Crippen molar-refractivity contribution >= 4 is 12.2 Å². The molecule has 3 heterocycles. The van der Waals surface area contributed by atoms with E-state index in [2.05, 4.69) is 22.0 Å². The van der Waals surface area contributed by atoms with Gasteiger partial charge in [0.15, 0.2) is 0 Å². The molecule has 6 heteroatoms. The van der Waals surface area contributed by atoms with Gasteiger partial charge in [0, 0.05) is 20.0 Å². The molecule has 5 nitrogen and oxygen atoms in total. The molecule has 0 radical (unpaired) electrons. The predicted molar refractivity (Wildman–Crippen MR) is 108 cm³/mol. The van der Waals surface area contributed by atoms with Crippen LogP contribution in [0.1, 0.15) is 29.2 Å². The van der Waals surface area contributed by atoms with Crippen molar-refractivity contribution in [2.24, 2.45) is 4.99 Å². The van der Waals surface area contributed by atoms with Crippen LogP contribution in [0.15, 0.2) is 53.5 Å². The van der Waals surface area contributed by atoms with E-state index in [1.807, 2.05) is 30.4 Å². The summed E-state index contributed by atoms with van der Waals surface area (Å²) in [4.78, 5) is 22.1. The lowest BCUT2D eigenvalue weighted by molar-refractivity contribution is -0.151. The maximum Gasteiger partial charge on any atom is 0.252 e. The number of benzene rings is 2. The largest absolute Gasteiger partial charge is 0.366 e. The van der Waals surface area contributed by atoms with Crippen molar-refractivity contribution < 1.29 is 13.9 Å². The summed E-state index contributed by atoms with van der Waals surface area (Å²) in [5.74, 6) is -0.280. The molecule has 4 atom stereocenters. The Morgan fingerprint density at radius 2 is 1.97 bits per heavy atom. The van der Waals surface area contributed by atoms with Crippen LogP contribution < -0.4 is 0 Å². The van der Waals surface area contributed by atoms with Crippen LogP contribution in [0.5, 0.6) is 0 Å². The number of nitrogens with zero attached hydrogens (tertiary/aromatic N) is 3. The number of carbonyl (C=O) groups is 1. The van der Waals surface area contributed by atoms with E-state index < -0.39 is 6.10 Å². The summed E-state index contributed by atoms with van der Waals surface area (Å²) in [6.45, 7) is 1.12. The van der Waals surface area contributed by atoms with Gasteiger partial charge in [-0.2, -0.15) is 0 Å². The Hall–Kier alpha value is -2.73. The predicted octanol–water partition coefficient (Wildman–Crippen LogP) is 2.80. The lowest BCUT2D eigenvalue weighted by atomic mass is 9.87. The molecule has 2 aromatic rings. The zero-order chi connectivity index (χ0) is 20.0. The minimum Gasteiger partial charge on any atom is -0.366 e. The Bertz CT molecular complexity index is 945. The Morgan fingerprint density at radius 1 is 1.17 bits per heavy atom. The summed E-state index contributed by atoms with van der Waals surface area (Å²) >= 11 is 0. The highest BCUT2D eigenvalue weighted by Crippen LogP contribution is 2.37. The highest BCUT2D eigenvalue weighted by molar-refractivity contribution is 5.82. The van der Waals surface area contributed by atoms with Crippen LogP contribution in [-0.2, 0) is 16.0 Å². The zero-order valence-electron chi connectivity index (χ0n) is 16.4. The molecular weight excluding hydrogens is 369 g/mol. The van der Waals surface area contributed by atoms with E-state index in [1.165, 1.54) is 17.7 Å². The molecule has 29 heavy (non-hydrogen) atoms. The SMILES string of the molecule is CN1C=N[C@H]2C[C@H](C(=O)N3CCc4ccccc4[C@@H]3c3ccc(F)cc3)OC[C@H]21. The van der Waals surface area contributed by atoms with Gasteiger partial charge < -0.3 is 14.5 Å². The summed E-state index contributed by atoms with van der Waals surface area (Å²) < 4.78 is 19.5. The summed E-state index contributed by atoms with van der Waals surface area (Å²) in [6.07, 6.45) is 2.75. The van der Waals surface area contributed by atoms with Crippen LogP contribution in [0.4, 0.5) is 4.39 Å². The van der Waals surface area contributed by atoms with Crippen molar-refractivity contribution in [1.82, 2.24) is 9.80 Å². The number of likely N-dealkylation sites (N-methyl/N-ethyl adjacent to an activating group) is 1. The van der Waals surface area contributed by atoms with Crippen molar-refractivity contribution in [1.29, 1.82) is 0 Å². The van der Waals surface area contributed by atoms with Gasteiger partial charge in [0.2, 0.25) is 0 Å². The van der Waals surface area contributed by atoms with E-state index in [0.29, 0.717) is 19.6 Å². The number of hydrogen-bond donors (Lipinski definition) is 0.